The number of benzene rings is 3. The highest BCUT2D eigenvalue weighted by Crippen LogP contribution is 2.34. The van der Waals surface area contributed by atoms with Crippen LogP contribution in [0, 0.1) is 11.3 Å². The maximum absolute atomic E-state index is 13.0. The zero-order chi connectivity index (χ0) is 28.2. The molecule has 6 rings (SSSR count). The fourth-order valence-electron chi connectivity index (χ4n) is 5.80. The number of anilines is 2. The fourth-order valence-corrected chi connectivity index (χ4v) is 6.18. The number of ether oxygens (including phenoxy) is 1. The second kappa shape index (κ2) is 12.1. The summed E-state index contributed by atoms with van der Waals surface area (Å²) in [5.41, 5.74) is 4.36. The number of piperazine rings is 1. The highest BCUT2D eigenvalue weighted by molar-refractivity contribution is 7.98. The van der Waals surface area contributed by atoms with Crippen LogP contribution in [0.15, 0.2) is 78.0 Å². The van der Waals surface area contributed by atoms with Gasteiger partial charge in [0.05, 0.1) is 30.8 Å². The predicted octanol–water partition coefficient (Wildman–Crippen LogP) is 5.66. The van der Waals surface area contributed by atoms with Crippen LogP contribution >= 0.6 is 11.8 Å². The number of fused-ring (bicyclic) bond motifs is 2. The van der Waals surface area contributed by atoms with E-state index >= 15 is 0 Å². The zero-order valence-corrected chi connectivity index (χ0v) is 23.9. The van der Waals surface area contributed by atoms with E-state index in [0.29, 0.717) is 26.2 Å². The van der Waals surface area contributed by atoms with Gasteiger partial charge in [0.2, 0.25) is 0 Å². The second-order valence-electron chi connectivity index (χ2n) is 10.3. The Morgan fingerprint density at radius 2 is 1.80 bits per heavy atom. The van der Waals surface area contributed by atoms with Gasteiger partial charge < -0.3 is 19.4 Å². The van der Waals surface area contributed by atoms with Gasteiger partial charge in [-0.15, -0.1) is 0 Å². The minimum absolute atomic E-state index is 0.211. The summed E-state index contributed by atoms with van der Waals surface area (Å²) < 4.78 is 5.62. The van der Waals surface area contributed by atoms with Gasteiger partial charge in [0.25, 0.3) is 0 Å². The number of aromatic nitrogens is 2. The first-order valence-corrected chi connectivity index (χ1v) is 15.1. The van der Waals surface area contributed by atoms with Crippen LogP contribution in [0.2, 0.25) is 0 Å². The van der Waals surface area contributed by atoms with Crippen molar-refractivity contribution in [3.8, 4) is 6.07 Å². The highest BCUT2D eigenvalue weighted by Gasteiger charge is 2.34. The van der Waals surface area contributed by atoms with Crippen molar-refractivity contribution in [3.63, 3.8) is 0 Å². The van der Waals surface area contributed by atoms with E-state index in [-0.39, 0.29) is 25.2 Å². The van der Waals surface area contributed by atoms with Crippen molar-refractivity contribution in [2.75, 3.05) is 42.2 Å². The Labute approximate surface area is 244 Å². The van der Waals surface area contributed by atoms with Crippen molar-refractivity contribution >= 4 is 40.1 Å². The molecule has 3 heterocycles. The maximum Gasteiger partial charge on any atom is 0.410 e. The van der Waals surface area contributed by atoms with Gasteiger partial charge in [-0.25, -0.2) is 14.8 Å². The Balaban J connectivity index is 1.22. The second-order valence-corrected chi connectivity index (χ2v) is 11.1. The maximum atomic E-state index is 13.0. The van der Waals surface area contributed by atoms with E-state index in [1.54, 1.807) is 4.90 Å². The molecular weight excluding hydrogens is 532 g/mol. The van der Waals surface area contributed by atoms with Crippen LogP contribution < -0.4 is 9.80 Å². The van der Waals surface area contributed by atoms with E-state index in [0.717, 1.165) is 40.8 Å². The number of hydrogen-bond donors (Lipinski definition) is 0. The van der Waals surface area contributed by atoms with Gasteiger partial charge in [0.1, 0.15) is 12.4 Å². The normalized spacial score (nSPS) is 16.8. The summed E-state index contributed by atoms with van der Waals surface area (Å²) in [7, 11) is 0. The summed E-state index contributed by atoms with van der Waals surface area (Å²) in [4.78, 5) is 29.3. The number of carbonyl (C=O) groups excluding carboxylic acids is 1. The van der Waals surface area contributed by atoms with Crippen LogP contribution in [0.25, 0.3) is 10.8 Å². The molecule has 1 aromatic heterocycles. The van der Waals surface area contributed by atoms with Crippen LogP contribution in [-0.4, -0.2) is 59.4 Å². The quantitative estimate of drug-likeness (QED) is 0.219. The summed E-state index contributed by atoms with van der Waals surface area (Å²) >= 11 is 1.54. The number of hydrogen-bond acceptors (Lipinski definition) is 8. The molecule has 0 radical (unpaired) electrons. The van der Waals surface area contributed by atoms with E-state index in [2.05, 4.69) is 58.3 Å². The lowest BCUT2D eigenvalue weighted by atomic mass is 10.0. The molecule has 2 aliphatic heterocycles. The standard InChI is InChI=1S/C32H32N6O2S/c1-41-31-34-28-21-36(29-13-7-11-24-10-5-6-12-26(24)29)17-15-27(28)30(35-31)37-18-19-38(25(20-37)14-16-33)32(39)40-22-23-8-3-2-4-9-23/h2-13,25H,14-15,17-22H2,1H3/t25-/m0/s1. The van der Waals surface area contributed by atoms with Gasteiger partial charge in [-0.2, -0.15) is 5.26 Å². The number of nitriles is 1. The smallest absolute Gasteiger partial charge is 0.410 e. The summed E-state index contributed by atoms with van der Waals surface area (Å²) in [6, 6.07) is 26.6. The third kappa shape index (κ3) is 5.66. The Morgan fingerprint density at radius 3 is 2.63 bits per heavy atom. The van der Waals surface area contributed by atoms with Gasteiger partial charge in [0.15, 0.2) is 5.16 Å². The van der Waals surface area contributed by atoms with E-state index in [4.69, 9.17) is 14.7 Å². The van der Waals surface area contributed by atoms with Gasteiger partial charge in [-0.1, -0.05) is 78.5 Å². The first-order valence-electron chi connectivity index (χ1n) is 13.9. The van der Waals surface area contributed by atoms with Gasteiger partial charge in [0, 0.05) is 42.8 Å². The van der Waals surface area contributed by atoms with Gasteiger partial charge >= 0.3 is 6.09 Å². The minimum atomic E-state index is -0.381. The molecule has 0 saturated carbocycles. The van der Waals surface area contributed by atoms with Gasteiger partial charge in [-0.05, 0) is 29.7 Å². The highest BCUT2D eigenvalue weighted by atomic mass is 32.2. The molecule has 3 aromatic carbocycles. The molecule has 1 atom stereocenters. The molecule has 4 aromatic rings. The summed E-state index contributed by atoms with van der Waals surface area (Å²) in [5, 5.41) is 12.8. The number of thioether (sulfide) groups is 1. The van der Waals surface area contributed by atoms with Crippen LogP contribution in [-0.2, 0) is 24.3 Å². The third-order valence-corrected chi connectivity index (χ3v) is 8.41. The largest absolute Gasteiger partial charge is 0.445 e. The van der Waals surface area contributed by atoms with Crippen LogP contribution in [0.1, 0.15) is 23.2 Å². The molecule has 0 N–H and O–H groups in total. The third-order valence-electron chi connectivity index (χ3n) is 7.86. The Kier molecular flexibility index (Phi) is 7.92. The van der Waals surface area contributed by atoms with Crippen molar-refractivity contribution in [2.45, 2.75) is 37.2 Å². The van der Waals surface area contributed by atoms with Crippen LogP contribution in [0.3, 0.4) is 0 Å². The van der Waals surface area contributed by atoms with Crippen LogP contribution in [0.5, 0.6) is 0 Å². The molecule has 8 nitrogen and oxygen atoms in total. The average molecular weight is 565 g/mol. The van der Waals surface area contributed by atoms with E-state index in [9.17, 15) is 10.1 Å². The van der Waals surface area contributed by atoms with Crippen molar-refractivity contribution in [1.82, 2.24) is 14.9 Å². The lowest BCUT2D eigenvalue weighted by Crippen LogP contribution is -2.55. The number of nitrogens with zero attached hydrogens (tertiary/aromatic N) is 6. The van der Waals surface area contributed by atoms with Crippen LogP contribution in [0.4, 0.5) is 16.3 Å². The SMILES string of the molecule is CSc1nc2c(c(N3CCN(C(=O)OCc4ccccc4)[C@@H](CC#N)C3)n1)CCN(c1cccc3ccccc13)C2. The molecule has 0 unspecified atom stereocenters. The molecule has 0 spiro atoms. The molecule has 2 aliphatic rings. The Morgan fingerprint density at radius 1 is 1.00 bits per heavy atom. The monoisotopic (exact) mass is 564 g/mol. The molecule has 41 heavy (non-hydrogen) atoms. The molecular formula is C32H32N6O2S. The topological polar surface area (TPSA) is 85.6 Å². The Hall–Kier alpha value is -4.29. The van der Waals surface area contributed by atoms with Gasteiger partial charge in [-0.3, -0.25) is 0 Å². The first kappa shape index (κ1) is 26.9. The zero-order valence-electron chi connectivity index (χ0n) is 23.1. The average Bonchev–Trinajstić information content (AvgIpc) is 3.03. The van der Waals surface area contributed by atoms with Crippen molar-refractivity contribution in [2.24, 2.45) is 0 Å². The molecule has 0 bridgehead atoms. The van der Waals surface area contributed by atoms with E-state index in [1.165, 1.54) is 28.2 Å². The lowest BCUT2D eigenvalue weighted by Gasteiger charge is -2.42. The molecule has 0 aliphatic carbocycles. The summed E-state index contributed by atoms with van der Waals surface area (Å²) in [5.74, 6) is 0.928. The lowest BCUT2D eigenvalue weighted by molar-refractivity contribution is 0.0767. The fraction of sp³-hybridized carbons (Fsp3) is 0.312. The molecule has 1 saturated heterocycles. The number of amides is 1. The Bertz CT molecular complexity index is 1590. The molecule has 1 amide bonds. The summed E-state index contributed by atoms with van der Waals surface area (Å²) in [6.07, 6.45) is 2.67. The predicted molar refractivity (Wildman–Crippen MR) is 162 cm³/mol. The number of carbonyl (C=O) groups is 1. The molecule has 208 valence electrons. The van der Waals surface area contributed by atoms with E-state index < -0.39 is 0 Å². The molecule has 9 heteroatoms. The van der Waals surface area contributed by atoms with Crippen molar-refractivity contribution in [3.05, 3.63) is 89.6 Å². The number of rotatable bonds is 6. The van der Waals surface area contributed by atoms with Crippen molar-refractivity contribution in [1.29, 1.82) is 5.26 Å². The van der Waals surface area contributed by atoms with E-state index in [1.807, 2.05) is 36.6 Å². The van der Waals surface area contributed by atoms with Crippen molar-refractivity contribution < 1.29 is 9.53 Å². The molecule has 1 fully saturated rings. The summed E-state index contributed by atoms with van der Waals surface area (Å²) in [6.45, 7) is 3.40. The minimum Gasteiger partial charge on any atom is -0.445 e. The first-order chi connectivity index (χ1) is 20.1.